The second kappa shape index (κ2) is 5.90. The van der Waals surface area contributed by atoms with Crippen LogP contribution in [0.3, 0.4) is 0 Å². The molecule has 1 unspecified atom stereocenters. The van der Waals surface area contributed by atoms with Crippen LogP contribution in [0.2, 0.25) is 0 Å². The van der Waals surface area contributed by atoms with Gasteiger partial charge in [-0.2, -0.15) is 0 Å². The van der Waals surface area contributed by atoms with E-state index < -0.39 is 0 Å². The largest absolute Gasteiger partial charge is 0.496 e. The SMILES string of the molecule is CCC(O)CCc1ccc(C)c(C)c1OC. The van der Waals surface area contributed by atoms with Crippen molar-refractivity contribution in [1.82, 2.24) is 0 Å². The fraction of sp³-hybridized carbons (Fsp3) is 0.571. The van der Waals surface area contributed by atoms with Gasteiger partial charge in [0, 0.05) is 0 Å². The van der Waals surface area contributed by atoms with Crippen LogP contribution in [0.15, 0.2) is 12.1 Å². The number of aliphatic hydroxyl groups is 1. The van der Waals surface area contributed by atoms with Gasteiger partial charge < -0.3 is 9.84 Å². The smallest absolute Gasteiger partial charge is 0.125 e. The van der Waals surface area contributed by atoms with Crippen LogP contribution in [0.25, 0.3) is 0 Å². The Hall–Kier alpha value is -1.02. The molecule has 1 aromatic rings. The van der Waals surface area contributed by atoms with Crippen molar-refractivity contribution in [2.24, 2.45) is 0 Å². The van der Waals surface area contributed by atoms with E-state index in [0.29, 0.717) is 0 Å². The predicted octanol–water partition coefficient (Wildman–Crippen LogP) is 3.02. The minimum Gasteiger partial charge on any atom is -0.496 e. The average Bonchev–Trinajstić information content (AvgIpc) is 2.30. The number of hydrogen-bond acceptors (Lipinski definition) is 2. The van der Waals surface area contributed by atoms with Crippen LogP contribution in [0, 0.1) is 13.8 Å². The van der Waals surface area contributed by atoms with Crippen LogP contribution in [0.5, 0.6) is 5.75 Å². The van der Waals surface area contributed by atoms with Crippen LogP contribution in [0.4, 0.5) is 0 Å². The summed E-state index contributed by atoms with van der Waals surface area (Å²) in [5.74, 6) is 0.975. The van der Waals surface area contributed by atoms with E-state index in [-0.39, 0.29) is 6.10 Å². The molecular weight excluding hydrogens is 200 g/mol. The van der Waals surface area contributed by atoms with E-state index in [4.69, 9.17) is 4.74 Å². The first-order valence-electron chi connectivity index (χ1n) is 5.91. The number of hydrogen-bond donors (Lipinski definition) is 1. The Bertz CT molecular complexity index is 345. The van der Waals surface area contributed by atoms with E-state index in [1.807, 2.05) is 6.92 Å². The third-order valence-corrected chi connectivity index (χ3v) is 3.18. The molecule has 16 heavy (non-hydrogen) atoms. The van der Waals surface area contributed by atoms with Crippen LogP contribution in [-0.4, -0.2) is 18.3 Å². The molecule has 0 fully saturated rings. The maximum atomic E-state index is 9.57. The molecule has 1 rings (SSSR count). The van der Waals surface area contributed by atoms with E-state index in [2.05, 4.69) is 26.0 Å². The van der Waals surface area contributed by atoms with Crippen molar-refractivity contribution < 1.29 is 9.84 Å². The first-order valence-corrected chi connectivity index (χ1v) is 5.91. The van der Waals surface area contributed by atoms with Crippen molar-refractivity contribution in [1.29, 1.82) is 0 Å². The molecule has 0 bridgehead atoms. The summed E-state index contributed by atoms with van der Waals surface area (Å²) >= 11 is 0. The van der Waals surface area contributed by atoms with E-state index in [0.717, 1.165) is 25.0 Å². The molecule has 0 aromatic heterocycles. The fourth-order valence-corrected chi connectivity index (χ4v) is 1.85. The van der Waals surface area contributed by atoms with Crippen LogP contribution in [-0.2, 0) is 6.42 Å². The molecular formula is C14H22O2. The minimum absolute atomic E-state index is 0.202. The van der Waals surface area contributed by atoms with Gasteiger partial charge in [-0.3, -0.25) is 0 Å². The lowest BCUT2D eigenvalue weighted by molar-refractivity contribution is 0.160. The molecule has 2 nitrogen and oxygen atoms in total. The Labute approximate surface area is 98.3 Å². The second-order valence-corrected chi connectivity index (χ2v) is 4.30. The number of ether oxygens (including phenoxy) is 1. The minimum atomic E-state index is -0.202. The lowest BCUT2D eigenvalue weighted by Crippen LogP contribution is -2.07. The molecule has 0 heterocycles. The van der Waals surface area contributed by atoms with Gasteiger partial charge in [0.25, 0.3) is 0 Å². The zero-order chi connectivity index (χ0) is 12.1. The number of aryl methyl sites for hydroxylation is 2. The van der Waals surface area contributed by atoms with Gasteiger partial charge in [0.1, 0.15) is 5.75 Å². The Kier molecular flexibility index (Phi) is 4.81. The molecule has 1 N–H and O–H groups in total. The van der Waals surface area contributed by atoms with Crippen molar-refractivity contribution in [3.63, 3.8) is 0 Å². The first kappa shape index (κ1) is 13.0. The van der Waals surface area contributed by atoms with Crippen molar-refractivity contribution in [2.75, 3.05) is 7.11 Å². The third-order valence-electron chi connectivity index (χ3n) is 3.18. The highest BCUT2D eigenvalue weighted by molar-refractivity contribution is 5.45. The maximum absolute atomic E-state index is 9.57. The summed E-state index contributed by atoms with van der Waals surface area (Å²) in [5.41, 5.74) is 3.64. The Morgan fingerprint density at radius 2 is 2.00 bits per heavy atom. The zero-order valence-electron chi connectivity index (χ0n) is 10.7. The molecule has 0 saturated heterocycles. The normalized spacial score (nSPS) is 12.6. The van der Waals surface area contributed by atoms with Crippen molar-refractivity contribution >= 4 is 0 Å². The van der Waals surface area contributed by atoms with Gasteiger partial charge in [0.15, 0.2) is 0 Å². The standard InChI is InChI=1S/C14H22O2/c1-5-13(15)9-8-12-7-6-10(2)11(3)14(12)16-4/h6-7,13,15H,5,8-9H2,1-4H3. The van der Waals surface area contributed by atoms with Crippen LogP contribution in [0.1, 0.15) is 36.5 Å². The highest BCUT2D eigenvalue weighted by Gasteiger charge is 2.10. The van der Waals surface area contributed by atoms with Gasteiger partial charge in [0.05, 0.1) is 13.2 Å². The molecule has 1 aromatic carbocycles. The summed E-state index contributed by atoms with van der Waals surface area (Å²) in [7, 11) is 1.71. The van der Waals surface area contributed by atoms with Crippen molar-refractivity contribution in [2.45, 2.75) is 46.1 Å². The number of rotatable bonds is 5. The van der Waals surface area contributed by atoms with E-state index >= 15 is 0 Å². The summed E-state index contributed by atoms with van der Waals surface area (Å²) in [6, 6.07) is 4.22. The van der Waals surface area contributed by atoms with Crippen molar-refractivity contribution in [3.05, 3.63) is 28.8 Å². The van der Waals surface area contributed by atoms with E-state index in [1.165, 1.54) is 16.7 Å². The number of benzene rings is 1. The third kappa shape index (κ3) is 2.99. The Morgan fingerprint density at radius 3 is 2.56 bits per heavy atom. The molecule has 0 saturated carbocycles. The molecule has 0 aliphatic rings. The molecule has 1 atom stereocenters. The maximum Gasteiger partial charge on any atom is 0.125 e. The van der Waals surface area contributed by atoms with Crippen molar-refractivity contribution in [3.8, 4) is 5.75 Å². The molecule has 0 aliphatic heterocycles. The molecule has 2 heteroatoms. The monoisotopic (exact) mass is 222 g/mol. The van der Waals surface area contributed by atoms with Crippen LogP contribution < -0.4 is 4.74 Å². The predicted molar refractivity (Wildman–Crippen MR) is 67.1 cm³/mol. The van der Waals surface area contributed by atoms with E-state index in [1.54, 1.807) is 7.11 Å². The van der Waals surface area contributed by atoms with Crippen LogP contribution >= 0.6 is 0 Å². The lowest BCUT2D eigenvalue weighted by Gasteiger charge is -2.14. The quantitative estimate of drug-likeness (QED) is 0.829. The first-order chi connectivity index (χ1) is 7.60. The van der Waals surface area contributed by atoms with Gasteiger partial charge in [0.2, 0.25) is 0 Å². The summed E-state index contributed by atoms with van der Waals surface area (Å²) in [5, 5.41) is 9.57. The van der Waals surface area contributed by atoms with Gasteiger partial charge in [-0.25, -0.2) is 0 Å². The number of aliphatic hydroxyl groups excluding tert-OH is 1. The summed E-state index contributed by atoms with van der Waals surface area (Å²) < 4.78 is 5.44. The molecule has 0 aliphatic carbocycles. The van der Waals surface area contributed by atoms with Gasteiger partial charge in [-0.05, 0) is 49.8 Å². The Morgan fingerprint density at radius 1 is 1.31 bits per heavy atom. The molecule has 90 valence electrons. The van der Waals surface area contributed by atoms with E-state index in [9.17, 15) is 5.11 Å². The lowest BCUT2D eigenvalue weighted by atomic mass is 9.99. The Balaban J connectivity index is 2.84. The molecule has 0 radical (unpaired) electrons. The van der Waals surface area contributed by atoms with Gasteiger partial charge in [-0.1, -0.05) is 19.1 Å². The summed E-state index contributed by atoms with van der Waals surface area (Å²) in [4.78, 5) is 0. The fourth-order valence-electron chi connectivity index (χ4n) is 1.85. The number of methoxy groups -OCH3 is 1. The molecule has 0 amide bonds. The summed E-state index contributed by atoms with van der Waals surface area (Å²) in [6.45, 7) is 6.17. The average molecular weight is 222 g/mol. The summed E-state index contributed by atoms with van der Waals surface area (Å²) in [6.07, 6.45) is 2.29. The second-order valence-electron chi connectivity index (χ2n) is 4.30. The zero-order valence-corrected chi connectivity index (χ0v) is 10.7. The van der Waals surface area contributed by atoms with Gasteiger partial charge in [-0.15, -0.1) is 0 Å². The molecule has 0 spiro atoms. The highest BCUT2D eigenvalue weighted by atomic mass is 16.5. The topological polar surface area (TPSA) is 29.5 Å². The highest BCUT2D eigenvalue weighted by Crippen LogP contribution is 2.27. The van der Waals surface area contributed by atoms with Gasteiger partial charge >= 0.3 is 0 Å².